The number of oxime groups is 1. The Hall–Kier alpha value is -1.71. The van der Waals surface area contributed by atoms with E-state index in [-0.39, 0.29) is 17.1 Å². The number of hydrogen-bond donors (Lipinski definition) is 0. The van der Waals surface area contributed by atoms with Crippen LogP contribution in [0.1, 0.15) is 31.1 Å². The van der Waals surface area contributed by atoms with Crippen molar-refractivity contribution >= 4 is 11.5 Å². The first-order valence-electron chi connectivity index (χ1n) is 4.49. The van der Waals surface area contributed by atoms with Gasteiger partial charge in [-0.15, -0.1) is 0 Å². The molecule has 0 saturated carbocycles. The highest BCUT2D eigenvalue weighted by atomic mass is 19.1. The number of ketones is 1. The van der Waals surface area contributed by atoms with Crippen LogP contribution in [0.2, 0.25) is 0 Å². The van der Waals surface area contributed by atoms with Gasteiger partial charge >= 0.3 is 0 Å². The van der Waals surface area contributed by atoms with Crippen LogP contribution < -0.4 is 4.84 Å². The minimum Gasteiger partial charge on any atom is -0.357 e. The number of nitrogens with zero attached hydrogens (tertiary/aromatic N) is 1. The molecule has 0 saturated heterocycles. The zero-order valence-corrected chi connectivity index (χ0v) is 8.87. The third kappa shape index (κ3) is 3.16. The first-order valence-corrected chi connectivity index (χ1v) is 4.49. The van der Waals surface area contributed by atoms with Crippen molar-refractivity contribution < 1.29 is 14.0 Å². The van der Waals surface area contributed by atoms with Gasteiger partial charge in [-0.2, -0.15) is 0 Å². The number of rotatable bonds is 3. The maximum Gasteiger partial charge on any atom is 0.162 e. The van der Waals surface area contributed by atoms with E-state index in [0.29, 0.717) is 0 Å². The molecule has 0 aliphatic heterocycles. The Balaban J connectivity index is 2.92. The molecule has 1 aromatic rings. The van der Waals surface area contributed by atoms with Crippen LogP contribution >= 0.6 is 0 Å². The summed E-state index contributed by atoms with van der Waals surface area (Å²) >= 11 is 0. The van der Waals surface area contributed by atoms with Gasteiger partial charge in [0.15, 0.2) is 11.5 Å². The monoisotopic (exact) mass is 209 g/mol. The average molecular weight is 209 g/mol. The molecule has 0 heterocycles. The molecule has 0 atom stereocenters. The number of benzene rings is 1. The summed E-state index contributed by atoms with van der Waals surface area (Å²) in [6, 6.07) is 4.03. The van der Waals surface area contributed by atoms with Crippen LogP contribution in [0.3, 0.4) is 0 Å². The molecular weight excluding hydrogens is 197 g/mol. The van der Waals surface area contributed by atoms with Crippen molar-refractivity contribution in [1.29, 1.82) is 0 Å². The summed E-state index contributed by atoms with van der Waals surface area (Å²) in [5.74, 6) is -0.628. The molecule has 0 spiro atoms. The minimum atomic E-state index is -0.594. The predicted molar refractivity (Wildman–Crippen MR) is 55.8 cm³/mol. The summed E-state index contributed by atoms with van der Waals surface area (Å²) in [7, 11) is 0. The molecule has 0 fully saturated rings. The zero-order chi connectivity index (χ0) is 11.4. The third-order valence-electron chi connectivity index (χ3n) is 1.65. The number of halogens is 1. The Morgan fingerprint density at radius 3 is 2.47 bits per heavy atom. The molecule has 4 heteroatoms. The second kappa shape index (κ2) is 4.68. The molecular formula is C11H12FNO2. The van der Waals surface area contributed by atoms with E-state index in [1.54, 1.807) is 13.8 Å². The summed E-state index contributed by atoms with van der Waals surface area (Å²) in [5, 5.41) is 3.68. The lowest BCUT2D eigenvalue weighted by atomic mass is 10.1. The summed E-state index contributed by atoms with van der Waals surface area (Å²) in [5.41, 5.74) is 0.783. The van der Waals surface area contributed by atoms with E-state index in [9.17, 15) is 9.18 Å². The third-order valence-corrected chi connectivity index (χ3v) is 1.65. The van der Waals surface area contributed by atoms with E-state index in [2.05, 4.69) is 5.16 Å². The summed E-state index contributed by atoms with van der Waals surface area (Å²) < 4.78 is 13.3. The van der Waals surface area contributed by atoms with E-state index in [1.807, 2.05) is 0 Å². The van der Waals surface area contributed by atoms with Gasteiger partial charge < -0.3 is 4.84 Å². The van der Waals surface area contributed by atoms with E-state index < -0.39 is 5.82 Å². The molecule has 0 N–H and O–H groups in total. The molecule has 0 aromatic heterocycles. The lowest BCUT2D eigenvalue weighted by Gasteiger charge is -2.01. The van der Waals surface area contributed by atoms with Gasteiger partial charge in [0.2, 0.25) is 0 Å². The van der Waals surface area contributed by atoms with Gasteiger partial charge in [-0.05, 0) is 32.9 Å². The smallest absolute Gasteiger partial charge is 0.162 e. The van der Waals surface area contributed by atoms with Crippen LogP contribution in [-0.2, 0) is 0 Å². The fraction of sp³-hybridized carbons (Fsp3) is 0.273. The van der Waals surface area contributed by atoms with Gasteiger partial charge in [-0.25, -0.2) is 4.39 Å². The maximum atomic E-state index is 13.3. The van der Waals surface area contributed by atoms with Gasteiger partial charge in [-0.3, -0.25) is 4.79 Å². The molecule has 15 heavy (non-hydrogen) atoms. The fourth-order valence-electron chi connectivity index (χ4n) is 0.982. The van der Waals surface area contributed by atoms with Crippen molar-refractivity contribution in [3.63, 3.8) is 0 Å². The molecule has 0 unspecified atom stereocenters. The van der Waals surface area contributed by atoms with Crippen molar-refractivity contribution in [2.75, 3.05) is 0 Å². The Morgan fingerprint density at radius 2 is 2.00 bits per heavy atom. The molecule has 0 bridgehead atoms. The standard InChI is InChI=1S/C11H12FNO2/c1-7(2)13-15-9-4-5-10(8(3)14)11(12)6-9/h4-6H,1-3H3. The Kier molecular flexibility index (Phi) is 3.55. The summed E-state index contributed by atoms with van der Waals surface area (Å²) in [4.78, 5) is 15.9. The van der Waals surface area contributed by atoms with Crippen molar-refractivity contribution in [2.45, 2.75) is 20.8 Å². The molecule has 80 valence electrons. The fourth-order valence-corrected chi connectivity index (χ4v) is 0.982. The Bertz CT molecular complexity index is 409. The molecule has 3 nitrogen and oxygen atoms in total. The molecule has 0 aliphatic carbocycles. The van der Waals surface area contributed by atoms with Gasteiger partial charge in [0, 0.05) is 6.07 Å². The number of carbonyl (C=O) groups is 1. The van der Waals surface area contributed by atoms with Crippen LogP contribution in [0.4, 0.5) is 4.39 Å². The Morgan fingerprint density at radius 1 is 1.33 bits per heavy atom. The van der Waals surface area contributed by atoms with E-state index in [0.717, 1.165) is 11.8 Å². The van der Waals surface area contributed by atoms with Crippen molar-refractivity contribution in [1.82, 2.24) is 0 Å². The topological polar surface area (TPSA) is 38.7 Å². The quantitative estimate of drug-likeness (QED) is 0.436. The SMILES string of the molecule is CC(=O)c1ccc(ON=C(C)C)cc1F. The van der Waals surface area contributed by atoms with Crippen molar-refractivity contribution in [2.24, 2.45) is 5.16 Å². The van der Waals surface area contributed by atoms with Gasteiger partial charge in [0.1, 0.15) is 5.82 Å². The maximum absolute atomic E-state index is 13.3. The normalized spacial score (nSPS) is 9.60. The molecule has 0 radical (unpaired) electrons. The lowest BCUT2D eigenvalue weighted by Crippen LogP contribution is -1.97. The molecule has 0 aliphatic rings. The van der Waals surface area contributed by atoms with Crippen LogP contribution in [-0.4, -0.2) is 11.5 Å². The first-order chi connectivity index (χ1) is 7.00. The second-order valence-electron chi connectivity index (χ2n) is 3.33. The van der Waals surface area contributed by atoms with Crippen LogP contribution in [0.5, 0.6) is 5.75 Å². The zero-order valence-electron chi connectivity index (χ0n) is 8.87. The molecule has 1 aromatic carbocycles. The lowest BCUT2D eigenvalue weighted by molar-refractivity contribution is 0.101. The van der Waals surface area contributed by atoms with Crippen LogP contribution in [0.15, 0.2) is 23.4 Å². The summed E-state index contributed by atoms with van der Waals surface area (Å²) in [6.45, 7) is 4.84. The highest BCUT2D eigenvalue weighted by Gasteiger charge is 2.08. The Labute approximate surface area is 87.5 Å². The van der Waals surface area contributed by atoms with Crippen molar-refractivity contribution in [3.8, 4) is 5.75 Å². The number of Topliss-reactive ketones (excluding diaryl/α,β-unsaturated/α-hetero) is 1. The predicted octanol–water partition coefficient (Wildman–Crippen LogP) is 2.80. The first kappa shape index (κ1) is 11.4. The van der Waals surface area contributed by atoms with Crippen molar-refractivity contribution in [3.05, 3.63) is 29.6 Å². The minimum absolute atomic E-state index is 0.0551. The van der Waals surface area contributed by atoms with E-state index in [4.69, 9.17) is 4.84 Å². The average Bonchev–Trinajstić information content (AvgIpc) is 2.14. The highest BCUT2D eigenvalue weighted by molar-refractivity contribution is 5.94. The van der Waals surface area contributed by atoms with E-state index >= 15 is 0 Å². The van der Waals surface area contributed by atoms with Gasteiger partial charge in [0.05, 0.1) is 11.3 Å². The van der Waals surface area contributed by atoms with Gasteiger partial charge in [0.25, 0.3) is 0 Å². The number of hydrogen-bond acceptors (Lipinski definition) is 3. The number of carbonyl (C=O) groups excluding carboxylic acids is 1. The molecule has 0 amide bonds. The van der Waals surface area contributed by atoms with Crippen LogP contribution in [0.25, 0.3) is 0 Å². The van der Waals surface area contributed by atoms with E-state index in [1.165, 1.54) is 19.1 Å². The highest BCUT2D eigenvalue weighted by Crippen LogP contribution is 2.17. The summed E-state index contributed by atoms with van der Waals surface area (Å²) in [6.07, 6.45) is 0. The largest absolute Gasteiger partial charge is 0.357 e. The van der Waals surface area contributed by atoms with Gasteiger partial charge in [-0.1, -0.05) is 5.16 Å². The molecule has 1 rings (SSSR count). The van der Waals surface area contributed by atoms with Crippen LogP contribution in [0, 0.1) is 5.82 Å². The second-order valence-corrected chi connectivity index (χ2v) is 3.33.